The molecule has 0 bridgehead atoms. The third kappa shape index (κ3) is 7.80. The highest BCUT2D eigenvalue weighted by Gasteiger charge is 2.17. The Balaban J connectivity index is 0.000000163. The van der Waals surface area contributed by atoms with Crippen LogP contribution in [0.4, 0.5) is 17.1 Å². The van der Waals surface area contributed by atoms with Crippen molar-refractivity contribution in [2.24, 2.45) is 0 Å². The highest BCUT2D eigenvalue weighted by Crippen LogP contribution is 2.42. The molecule has 0 aliphatic carbocycles. The first-order chi connectivity index (χ1) is 27.5. The van der Waals surface area contributed by atoms with Crippen LogP contribution in [-0.4, -0.2) is 0 Å². The molecule has 0 heterocycles. The molecule has 10 rings (SSSR count). The monoisotopic (exact) mass is 719 g/mol. The van der Waals surface area contributed by atoms with Crippen molar-refractivity contribution < 1.29 is 0 Å². The van der Waals surface area contributed by atoms with Crippen LogP contribution in [0.25, 0.3) is 54.2 Å². The highest BCUT2D eigenvalue weighted by atomic mass is 15.1. The van der Waals surface area contributed by atoms with E-state index in [0.717, 1.165) is 11.4 Å². The maximum absolute atomic E-state index is 2.37. The van der Waals surface area contributed by atoms with Crippen molar-refractivity contribution in [3.05, 3.63) is 235 Å². The lowest BCUT2D eigenvalue weighted by molar-refractivity contribution is 1.30. The zero-order chi connectivity index (χ0) is 38.3. The molecule has 0 N–H and O–H groups in total. The third-order valence-electron chi connectivity index (χ3n) is 10.4. The van der Waals surface area contributed by atoms with E-state index >= 15 is 0 Å². The lowest BCUT2D eigenvalue weighted by Crippen LogP contribution is -2.10. The van der Waals surface area contributed by atoms with Gasteiger partial charge in [0, 0.05) is 16.8 Å². The lowest BCUT2D eigenvalue weighted by Gasteiger charge is -2.27. The highest BCUT2D eigenvalue weighted by molar-refractivity contribution is 6.14. The first-order valence-electron chi connectivity index (χ1n) is 19.3. The fourth-order valence-corrected chi connectivity index (χ4v) is 7.55. The van der Waals surface area contributed by atoms with Crippen LogP contribution >= 0.6 is 0 Å². The number of anilines is 3. The Hall–Kier alpha value is -6.96. The smallest absolute Gasteiger partial charge is 0.0546 e. The third-order valence-corrected chi connectivity index (χ3v) is 10.4. The normalized spacial score (nSPS) is 10.8. The largest absolute Gasteiger partial charge is 0.310 e. The van der Waals surface area contributed by atoms with Crippen LogP contribution in [0, 0.1) is 20.8 Å². The first-order valence-corrected chi connectivity index (χ1v) is 19.3. The molecule has 10 aromatic rings. The molecular weight excluding hydrogens is 675 g/mol. The molecule has 10 aromatic carbocycles. The van der Waals surface area contributed by atoms with Crippen LogP contribution in [0.3, 0.4) is 0 Å². The van der Waals surface area contributed by atoms with Gasteiger partial charge in [0.2, 0.25) is 0 Å². The summed E-state index contributed by atoms with van der Waals surface area (Å²) in [6.07, 6.45) is 0. The molecule has 0 aliphatic rings. The van der Waals surface area contributed by atoms with Gasteiger partial charge < -0.3 is 4.90 Å². The summed E-state index contributed by atoms with van der Waals surface area (Å²) in [4.78, 5) is 2.37. The van der Waals surface area contributed by atoms with Gasteiger partial charge in [-0.25, -0.2) is 0 Å². The van der Waals surface area contributed by atoms with Gasteiger partial charge in [0.05, 0.1) is 5.69 Å². The Morgan fingerprint density at radius 2 is 0.679 bits per heavy atom. The van der Waals surface area contributed by atoms with Crippen LogP contribution in [0.15, 0.2) is 218 Å². The van der Waals surface area contributed by atoms with Crippen molar-refractivity contribution in [1.82, 2.24) is 0 Å². The van der Waals surface area contributed by atoms with E-state index in [2.05, 4.69) is 226 Å². The molecule has 0 aromatic heterocycles. The zero-order valence-corrected chi connectivity index (χ0v) is 32.2. The summed E-state index contributed by atoms with van der Waals surface area (Å²) in [5.41, 5.74) is 9.88. The average Bonchev–Trinajstić information content (AvgIpc) is 3.26. The van der Waals surface area contributed by atoms with Crippen molar-refractivity contribution in [2.45, 2.75) is 20.8 Å². The summed E-state index contributed by atoms with van der Waals surface area (Å²) >= 11 is 0. The molecular formula is C55H45N. The topological polar surface area (TPSA) is 3.24 Å². The van der Waals surface area contributed by atoms with Gasteiger partial charge in [-0.05, 0) is 105 Å². The molecule has 0 radical (unpaired) electrons. The summed E-state index contributed by atoms with van der Waals surface area (Å²) in [7, 11) is 0. The SMILES string of the molecule is Cc1cc2ccccc2c2ccccc12.Cc1ccc(-c2ccc(N(c3ccccc3)c3cc4ccccc4c4ccccc34)cc2)cc1.Cc1ccccc1. The predicted octanol–water partition coefficient (Wildman–Crippen LogP) is 15.7. The Kier molecular flexibility index (Phi) is 10.7. The van der Waals surface area contributed by atoms with Crippen LogP contribution < -0.4 is 4.90 Å². The van der Waals surface area contributed by atoms with Crippen LogP contribution in [0.1, 0.15) is 16.7 Å². The molecule has 0 saturated heterocycles. The van der Waals surface area contributed by atoms with Gasteiger partial charge in [-0.3, -0.25) is 0 Å². The number of aryl methyl sites for hydroxylation is 3. The van der Waals surface area contributed by atoms with E-state index in [1.165, 1.54) is 76.6 Å². The van der Waals surface area contributed by atoms with E-state index in [1.807, 2.05) is 18.2 Å². The minimum atomic E-state index is 1.14. The van der Waals surface area contributed by atoms with Gasteiger partial charge in [0.25, 0.3) is 0 Å². The number of nitrogens with zero attached hydrogens (tertiary/aromatic N) is 1. The van der Waals surface area contributed by atoms with Crippen LogP contribution in [0.2, 0.25) is 0 Å². The molecule has 270 valence electrons. The zero-order valence-electron chi connectivity index (χ0n) is 32.2. The summed E-state index contributed by atoms with van der Waals surface area (Å²) in [6.45, 7) is 6.38. The van der Waals surface area contributed by atoms with Crippen molar-refractivity contribution >= 4 is 60.2 Å². The molecule has 1 nitrogen and oxygen atoms in total. The van der Waals surface area contributed by atoms with Gasteiger partial charge in [0.15, 0.2) is 0 Å². The van der Waals surface area contributed by atoms with Gasteiger partial charge in [0.1, 0.15) is 0 Å². The number of rotatable bonds is 4. The fraction of sp³-hybridized carbons (Fsp3) is 0.0545. The molecule has 0 amide bonds. The minimum absolute atomic E-state index is 1.14. The van der Waals surface area contributed by atoms with E-state index in [4.69, 9.17) is 0 Å². The number of para-hydroxylation sites is 1. The maximum atomic E-state index is 2.37. The second kappa shape index (κ2) is 16.6. The summed E-state index contributed by atoms with van der Waals surface area (Å²) < 4.78 is 0. The fourth-order valence-electron chi connectivity index (χ4n) is 7.55. The summed E-state index contributed by atoms with van der Waals surface area (Å²) in [6, 6.07) is 77.6. The quantitative estimate of drug-likeness (QED) is 0.164. The Morgan fingerprint density at radius 1 is 0.286 bits per heavy atom. The van der Waals surface area contributed by atoms with E-state index in [9.17, 15) is 0 Å². The minimum Gasteiger partial charge on any atom is -0.310 e. The lowest BCUT2D eigenvalue weighted by atomic mass is 9.98. The van der Waals surface area contributed by atoms with Crippen LogP contribution in [0.5, 0.6) is 0 Å². The predicted molar refractivity (Wildman–Crippen MR) is 244 cm³/mol. The Morgan fingerprint density at radius 3 is 1.23 bits per heavy atom. The molecule has 56 heavy (non-hydrogen) atoms. The van der Waals surface area contributed by atoms with Crippen molar-refractivity contribution in [1.29, 1.82) is 0 Å². The Labute approximate surface area is 330 Å². The summed E-state index contributed by atoms with van der Waals surface area (Å²) in [5.74, 6) is 0. The van der Waals surface area contributed by atoms with Gasteiger partial charge in [-0.15, -0.1) is 0 Å². The van der Waals surface area contributed by atoms with Crippen LogP contribution in [-0.2, 0) is 0 Å². The average molecular weight is 720 g/mol. The molecule has 0 aliphatic heterocycles. The van der Waals surface area contributed by atoms with Gasteiger partial charge >= 0.3 is 0 Å². The van der Waals surface area contributed by atoms with E-state index in [0.29, 0.717) is 0 Å². The number of hydrogen-bond donors (Lipinski definition) is 0. The van der Waals surface area contributed by atoms with E-state index < -0.39 is 0 Å². The van der Waals surface area contributed by atoms with E-state index in [1.54, 1.807) is 0 Å². The first kappa shape index (κ1) is 36.0. The van der Waals surface area contributed by atoms with Crippen molar-refractivity contribution in [3.8, 4) is 11.1 Å². The number of fused-ring (bicyclic) bond motifs is 6. The van der Waals surface area contributed by atoms with Crippen molar-refractivity contribution in [2.75, 3.05) is 4.90 Å². The van der Waals surface area contributed by atoms with Gasteiger partial charge in [-0.1, -0.05) is 199 Å². The number of benzene rings is 10. The molecule has 1 heteroatoms. The molecule has 0 fully saturated rings. The second-order valence-electron chi connectivity index (χ2n) is 14.4. The standard InChI is InChI=1S/C33H25N.C15H12.C7H8/c1-24-15-17-25(18-16-24)26-19-21-29(22-20-26)34(28-10-3-2-4-11-28)33-23-27-9-5-6-12-30(27)31-13-7-8-14-32(31)33;1-11-10-12-6-2-3-8-14(12)15-9-5-4-7-13(11)15;1-7-5-3-2-4-6-7/h2-23H,1H3;2-10H,1H3;2-6H,1H3. The molecule has 0 atom stereocenters. The maximum Gasteiger partial charge on any atom is 0.0546 e. The summed E-state index contributed by atoms with van der Waals surface area (Å²) in [5, 5.41) is 10.4. The molecule has 0 saturated carbocycles. The number of hydrogen-bond acceptors (Lipinski definition) is 1. The Bertz CT molecular complexity index is 2860. The van der Waals surface area contributed by atoms with Gasteiger partial charge in [-0.2, -0.15) is 0 Å². The second-order valence-corrected chi connectivity index (χ2v) is 14.4. The van der Waals surface area contributed by atoms with Crippen molar-refractivity contribution in [3.63, 3.8) is 0 Å². The molecule has 0 spiro atoms. The van der Waals surface area contributed by atoms with E-state index in [-0.39, 0.29) is 0 Å². The molecule has 0 unspecified atom stereocenters.